The van der Waals surface area contributed by atoms with Gasteiger partial charge in [0.15, 0.2) is 0 Å². The van der Waals surface area contributed by atoms with E-state index in [1.54, 1.807) is 17.0 Å². The Labute approximate surface area is 76.8 Å². The number of benzene rings is 1. The Kier molecular flexibility index (Phi) is 3.11. The Morgan fingerprint density at radius 2 is 2.00 bits per heavy atom. The number of hydrogen-bond donors (Lipinski definition) is 0. The monoisotopic (exact) mass is 183 g/mol. The van der Waals surface area contributed by atoms with Crippen LogP contribution >= 0.6 is 11.6 Å². The summed E-state index contributed by atoms with van der Waals surface area (Å²) in [5.74, 6) is 0. The van der Waals surface area contributed by atoms with Gasteiger partial charge in [-0.25, -0.2) is 0 Å². The molecule has 0 saturated heterocycles. The molecule has 0 fully saturated rings. The molecule has 64 valence electrons. The lowest BCUT2D eigenvalue weighted by atomic mass is 10.3. The highest BCUT2D eigenvalue weighted by Crippen LogP contribution is 2.16. The smallest absolute Gasteiger partial charge is 0.214 e. The lowest BCUT2D eigenvalue weighted by Crippen LogP contribution is -2.19. The molecule has 1 rings (SSSR count). The van der Waals surface area contributed by atoms with Crippen LogP contribution in [0, 0.1) is 0 Å². The third-order valence-corrected chi connectivity index (χ3v) is 1.88. The number of hydrogen-bond acceptors (Lipinski definition) is 1. The number of carbonyl (C=O) groups is 1. The van der Waals surface area contributed by atoms with E-state index in [4.69, 9.17) is 11.6 Å². The van der Waals surface area contributed by atoms with Gasteiger partial charge in [0.25, 0.3) is 0 Å². The molecule has 0 N–H and O–H groups in total. The van der Waals surface area contributed by atoms with Crippen molar-refractivity contribution in [3.8, 4) is 0 Å². The first-order chi connectivity index (χ1) is 5.77. The van der Waals surface area contributed by atoms with Crippen molar-refractivity contribution in [2.24, 2.45) is 0 Å². The first-order valence-corrected chi connectivity index (χ1v) is 4.13. The molecule has 12 heavy (non-hydrogen) atoms. The van der Waals surface area contributed by atoms with Crippen LogP contribution in [0.3, 0.4) is 0 Å². The van der Waals surface area contributed by atoms with Gasteiger partial charge in [-0.3, -0.25) is 4.79 Å². The molecule has 0 heterocycles. The minimum absolute atomic E-state index is 0.672. The van der Waals surface area contributed by atoms with Crippen molar-refractivity contribution in [3.63, 3.8) is 0 Å². The van der Waals surface area contributed by atoms with E-state index in [2.05, 4.69) is 0 Å². The van der Waals surface area contributed by atoms with E-state index in [1.807, 2.05) is 19.1 Å². The largest absolute Gasteiger partial charge is 0.315 e. The van der Waals surface area contributed by atoms with Gasteiger partial charge in [0.2, 0.25) is 6.41 Å². The normalized spacial score (nSPS) is 9.50. The predicted octanol–water partition coefficient (Wildman–Crippen LogP) is 2.32. The maximum absolute atomic E-state index is 10.5. The zero-order valence-corrected chi connectivity index (χ0v) is 7.58. The molecule has 0 atom stereocenters. The maximum atomic E-state index is 10.5. The first kappa shape index (κ1) is 9.07. The highest BCUT2D eigenvalue weighted by molar-refractivity contribution is 6.30. The van der Waals surface area contributed by atoms with Crippen LogP contribution in [0.4, 0.5) is 5.69 Å². The SMILES string of the molecule is CCN(C=O)c1ccc(Cl)cc1. The molecule has 0 aliphatic carbocycles. The topological polar surface area (TPSA) is 20.3 Å². The van der Waals surface area contributed by atoms with E-state index >= 15 is 0 Å². The molecule has 3 heteroatoms. The Balaban J connectivity index is 2.87. The standard InChI is InChI=1S/C9H10ClNO/c1-2-11(7-12)9-5-3-8(10)4-6-9/h3-7H,2H2,1H3. The minimum atomic E-state index is 0.672. The van der Waals surface area contributed by atoms with Crippen LogP contribution in [0.2, 0.25) is 5.02 Å². The summed E-state index contributed by atoms with van der Waals surface area (Å²) in [7, 11) is 0. The van der Waals surface area contributed by atoms with Gasteiger partial charge in [-0.1, -0.05) is 11.6 Å². The van der Waals surface area contributed by atoms with E-state index in [0.717, 1.165) is 12.1 Å². The third-order valence-electron chi connectivity index (χ3n) is 1.63. The van der Waals surface area contributed by atoms with Crippen molar-refractivity contribution in [2.75, 3.05) is 11.4 Å². The third kappa shape index (κ3) is 1.98. The van der Waals surface area contributed by atoms with E-state index in [-0.39, 0.29) is 0 Å². The van der Waals surface area contributed by atoms with Crippen LogP contribution in [0.15, 0.2) is 24.3 Å². The van der Waals surface area contributed by atoms with Crippen LogP contribution in [0.1, 0.15) is 6.92 Å². The summed E-state index contributed by atoms with van der Waals surface area (Å²) in [6, 6.07) is 7.17. The molecule has 0 bridgehead atoms. The van der Waals surface area contributed by atoms with Gasteiger partial charge >= 0.3 is 0 Å². The number of carbonyl (C=O) groups excluding carboxylic acids is 1. The lowest BCUT2D eigenvalue weighted by Gasteiger charge is -2.14. The van der Waals surface area contributed by atoms with Crippen molar-refractivity contribution in [2.45, 2.75) is 6.92 Å². The molecule has 1 aromatic rings. The summed E-state index contributed by atoms with van der Waals surface area (Å²) in [6.07, 6.45) is 0.809. The van der Waals surface area contributed by atoms with Crippen molar-refractivity contribution in [1.29, 1.82) is 0 Å². The van der Waals surface area contributed by atoms with Gasteiger partial charge in [-0.2, -0.15) is 0 Å². The van der Waals surface area contributed by atoms with Gasteiger partial charge in [-0.15, -0.1) is 0 Å². The Hall–Kier alpha value is -1.02. The van der Waals surface area contributed by atoms with Crippen LogP contribution in [-0.2, 0) is 4.79 Å². The second-order valence-corrected chi connectivity index (χ2v) is 2.80. The number of halogens is 1. The molecule has 1 amide bonds. The average molecular weight is 184 g/mol. The summed E-state index contributed by atoms with van der Waals surface area (Å²) in [6.45, 7) is 2.59. The van der Waals surface area contributed by atoms with Gasteiger partial charge < -0.3 is 4.90 Å². The number of amides is 1. The van der Waals surface area contributed by atoms with Crippen molar-refractivity contribution < 1.29 is 4.79 Å². The predicted molar refractivity (Wildman–Crippen MR) is 50.5 cm³/mol. The molecule has 0 spiro atoms. The van der Waals surface area contributed by atoms with Gasteiger partial charge in [-0.05, 0) is 31.2 Å². The molecular weight excluding hydrogens is 174 g/mol. The van der Waals surface area contributed by atoms with Crippen LogP contribution < -0.4 is 4.90 Å². The Morgan fingerprint density at radius 3 is 2.42 bits per heavy atom. The zero-order valence-electron chi connectivity index (χ0n) is 6.83. The summed E-state index contributed by atoms with van der Waals surface area (Å²) < 4.78 is 0. The van der Waals surface area contributed by atoms with E-state index in [9.17, 15) is 4.79 Å². The molecule has 0 saturated carbocycles. The maximum Gasteiger partial charge on any atom is 0.214 e. The quantitative estimate of drug-likeness (QED) is 0.659. The van der Waals surface area contributed by atoms with E-state index < -0.39 is 0 Å². The van der Waals surface area contributed by atoms with Gasteiger partial charge in [0.1, 0.15) is 0 Å². The van der Waals surface area contributed by atoms with E-state index in [1.165, 1.54) is 0 Å². The van der Waals surface area contributed by atoms with Crippen molar-refractivity contribution in [1.82, 2.24) is 0 Å². The zero-order chi connectivity index (χ0) is 8.97. The van der Waals surface area contributed by atoms with Crippen LogP contribution in [-0.4, -0.2) is 13.0 Å². The van der Waals surface area contributed by atoms with Crippen LogP contribution in [0.5, 0.6) is 0 Å². The first-order valence-electron chi connectivity index (χ1n) is 3.75. The summed E-state index contributed by atoms with van der Waals surface area (Å²) in [5.41, 5.74) is 0.872. The van der Waals surface area contributed by atoms with E-state index in [0.29, 0.717) is 11.6 Å². The number of rotatable bonds is 3. The van der Waals surface area contributed by atoms with Gasteiger partial charge in [0, 0.05) is 17.3 Å². The average Bonchev–Trinajstić information content (AvgIpc) is 2.10. The summed E-state index contributed by atoms with van der Waals surface area (Å²) in [5, 5.41) is 0.681. The second-order valence-electron chi connectivity index (χ2n) is 2.37. The van der Waals surface area contributed by atoms with Crippen molar-refractivity contribution in [3.05, 3.63) is 29.3 Å². The molecule has 0 unspecified atom stereocenters. The van der Waals surface area contributed by atoms with Gasteiger partial charge in [0.05, 0.1) is 0 Å². The highest BCUT2D eigenvalue weighted by Gasteiger charge is 2.00. The van der Waals surface area contributed by atoms with Crippen molar-refractivity contribution >= 4 is 23.7 Å². The second kappa shape index (κ2) is 4.12. The molecule has 0 aromatic heterocycles. The molecule has 0 aliphatic rings. The molecule has 0 radical (unpaired) electrons. The number of nitrogens with zero attached hydrogens (tertiary/aromatic N) is 1. The Bertz CT molecular complexity index is 258. The van der Waals surface area contributed by atoms with Crippen LogP contribution in [0.25, 0.3) is 0 Å². The number of anilines is 1. The molecule has 2 nitrogen and oxygen atoms in total. The molecule has 0 aliphatic heterocycles. The minimum Gasteiger partial charge on any atom is -0.315 e. The summed E-state index contributed by atoms with van der Waals surface area (Å²) in [4.78, 5) is 12.1. The molecule has 1 aromatic carbocycles. The fraction of sp³-hybridized carbons (Fsp3) is 0.222. The highest BCUT2D eigenvalue weighted by atomic mass is 35.5. The summed E-state index contributed by atoms with van der Waals surface area (Å²) >= 11 is 5.70. The molecular formula is C9H10ClNO. The fourth-order valence-corrected chi connectivity index (χ4v) is 1.08. The Morgan fingerprint density at radius 1 is 1.42 bits per heavy atom. The lowest BCUT2D eigenvalue weighted by molar-refractivity contribution is -0.107. The fourth-order valence-electron chi connectivity index (χ4n) is 0.951.